The highest BCUT2D eigenvalue weighted by Crippen LogP contribution is 2.14. The van der Waals surface area contributed by atoms with Crippen LogP contribution < -0.4 is 5.73 Å². The lowest BCUT2D eigenvalue weighted by molar-refractivity contribution is 0.137. The second-order valence-corrected chi connectivity index (χ2v) is 4.75. The highest BCUT2D eigenvalue weighted by molar-refractivity contribution is 4.77. The summed E-state index contributed by atoms with van der Waals surface area (Å²) in [4.78, 5) is 4.77. The first-order chi connectivity index (χ1) is 7.13. The van der Waals surface area contributed by atoms with Gasteiger partial charge in [0.15, 0.2) is 0 Å². The van der Waals surface area contributed by atoms with Crippen molar-refractivity contribution < 1.29 is 5.11 Å². The largest absolute Gasteiger partial charge is 0.395 e. The minimum atomic E-state index is -0.0567. The zero-order valence-corrected chi connectivity index (χ0v) is 10.0. The lowest BCUT2D eigenvalue weighted by atomic mass is 10.0. The Hall–Kier alpha value is -0.160. The zero-order valence-electron chi connectivity index (χ0n) is 10.0. The van der Waals surface area contributed by atoms with Crippen LogP contribution in [0.5, 0.6) is 0 Å². The fourth-order valence-electron chi connectivity index (χ4n) is 2.08. The van der Waals surface area contributed by atoms with E-state index in [0.717, 1.165) is 13.0 Å². The Bertz CT molecular complexity index is 169. The molecule has 1 heterocycles. The van der Waals surface area contributed by atoms with E-state index in [2.05, 4.69) is 23.9 Å². The maximum absolute atomic E-state index is 8.84. The van der Waals surface area contributed by atoms with Gasteiger partial charge < -0.3 is 20.6 Å². The molecule has 0 spiro atoms. The molecule has 0 aromatic heterocycles. The molecule has 0 bridgehead atoms. The number of hydrogen-bond donors (Lipinski definition) is 2. The monoisotopic (exact) mass is 215 g/mol. The summed E-state index contributed by atoms with van der Waals surface area (Å²) in [6.45, 7) is 3.49. The maximum atomic E-state index is 8.84. The van der Waals surface area contributed by atoms with Gasteiger partial charge in [0, 0.05) is 12.1 Å². The van der Waals surface area contributed by atoms with Crippen molar-refractivity contribution in [2.24, 2.45) is 5.73 Å². The maximum Gasteiger partial charge on any atom is 0.0583 e. The molecule has 1 aliphatic rings. The molecule has 3 N–H and O–H groups in total. The van der Waals surface area contributed by atoms with Gasteiger partial charge in [-0.1, -0.05) is 0 Å². The van der Waals surface area contributed by atoms with Gasteiger partial charge in [-0.3, -0.25) is 0 Å². The number of hydrogen-bond acceptors (Lipinski definition) is 4. The van der Waals surface area contributed by atoms with Crippen LogP contribution in [0, 0.1) is 0 Å². The molecule has 1 unspecified atom stereocenters. The Kier molecular flexibility index (Phi) is 5.53. The van der Waals surface area contributed by atoms with Crippen LogP contribution >= 0.6 is 0 Å². The Labute approximate surface area is 93.0 Å². The van der Waals surface area contributed by atoms with Crippen LogP contribution in [-0.4, -0.2) is 67.3 Å². The van der Waals surface area contributed by atoms with Crippen LogP contribution in [0.1, 0.15) is 19.3 Å². The van der Waals surface area contributed by atoms with E-state index < -0.39 is 0 Å². The van der Waals surface area contributed by atoms with E-state index in [-0.39, 0.29) is 12.6 Å². The first-order valence-electron chi connectivity index (χ1n) is 5.88. The van der Waals surface area contributed by atoms with E-state index in [0.29, 0.717) is 6.04 Å². The molecule has 4 heteroatoms. The van der Waals surface area contributed by atoms with Gasteiger partial charge in [-0.05, 0) is 53.0 Å². The summed E-state index contributed by atoms with van der Waals surface area (Å²) >= 11 is 0. The first kappa shape index (κ1) is 12.9. The van der Waals surface area contributed by atoms with Gasteiger partial charge in [0.05, 0.1) is 6.61 Å². The molecule has 0 aliphatic carbocycles. The van der Waals surface area contributed by atoms with Crippen LogP contribution in [0.15, 0.2) is 0 Å². The van der Waals surface area contributed by atoms with Crippen molar-refractivity contribution in [3.05, 3.63) is 0 Å². The molecule has 4 nitrogen and oxygen atoms in total. The molecule has 1 saturated heterocycles. The fourth-order valence-corrected chi connectivity index (χ4v) is 2.08. The van der Waals surface area contributed by atoms with Gasteiger partial charge in [0.1, 0.15) is 0 Å². The Morgan fingerprint density at radius 1 is 1.47 bits per heavy atom. The van der Waals surface area contributed by atoms with Crippen molar-refractivity contribution in [1.82, 2.24) is 9.80 Å². The minimum Gasteiger partial charge on any atom is -0.395 e. The Balaban J connectivity index is 2.19. The van der Waals surface area contributed by atoms with E-state index in [9.17, 15) is 0 Å². The molecule has 0 radical (unpaired) electrons. The first-order valence-corrected chi connectivity index (χ1v) is 5.88. The number of likely N-dealkylation sites (tertiary alicyclic amines) is 1. The van der Waals surface area contributed by atoms with Crippen LogP contribution in [-0.2, 0) is 0 Å². The molecule has 0 aromatic rings. The summed E-state index contributed by atoms with van der Waals surface area (Å²) in [5.41, 5.74) is 5.69. The van der Waals surface area contributed by atoms with E-state index in [1.165, 1.54) is 25.9 Å². The molecule has 0 saturated carbocycles. The molecule has 90 valence electrons. The van der Waals surface area contributed by atoms with E-state index in [1.54, 1.807) is 0 Å². The van der Waals surface area contributed by atoms with Gasteiger partial charge >= 0.3 is 0 Å². The summed E-state index contributed by atoms with van der Waals surface area (Å²) in [6, 6.07) is 0.644. The molecule has 15 heavy (non-hydrogen) atoms. The number of aliphatic hydroxyl groups excluding tert-OH is 1. The standard InChI is InChI=1S/C11H25N3O/c1-13-6-4-11(5-7-13)14(2)8-3-10(12)9-15/h10-11,15H,3-9,12H2,1-2H3. The van der Waals surface area contributed by atoms with Gasteiger partial charge in [0.25, 0.3) is 0 Å². The van der Waals surface area contributed by atoms with Gasteiger partial charge in [-0.2, -0.15) is 0 Å². The summed E-state index contributed by atoms with van der Waals surface area (Å²) in [5, 5.41) is 8.84. The van der Waals surface area contributed by atoms with Crippen LogP contribution in [0.4, 0.5) is 0 Å². The number of rotatable bonds is 5. The van der Waals surface area contributed by atoms with Crippen LogP contribution in [0.25, 0.3) is 0 Å². The third-order valence-corrected chi connectivity index (χ3v) is 3.40. The highest BCUT2D eigenvalue weighted by atomic mass is 16.3. The summed E-state index contributed by atoms with van der Waals surface area (Å²) in [5.74, 6) is 0. The van der Waals surface area contributed by atoms with Crippen molar-refractivity contribution in [1.29, 1.82) is 0 Å². The number of nitrogens with zero attached hydrogens (tertiary/aromatic N) is 2. The number of aliphatic hydroxyl groups is 1. The number of nitrogens with two attached hydrogens (primary N) is 1. The van der Waals surface area contributed by atoms with Gasteiger partial charge in [0.2, 0.25) is 0 Å². The molecule has 1 atom stereocenters. The van der Waals surface area contributed by atoms with Crippen molar-refractivity contribution >= 4 is 0 Å². The molecule has 1 fully saturated rings. The predicted octanol–water partition coefficient (Wildman–Crippen LogP) is -0.278. The normalized spacial score (nSPS) is 22.2. The van der Waals surface area contributed by atoms with E-state index in [4.69, 9.17) is 10.8 Å². The zero-order chi connectivity index (χ0) is 11.3. The molecular weight excluding hydrogens is 190 g/mol. The summed E-state index contributed by atoms with van der Waals surface area (Å²) < 4.78 is 0. The van der Waals surface area contributed by atoms with Crippen molar-refractivity contribution in [3.8, 4) is 0 Å². The topological polar surface area (TPSA) is 52.7 Å². The third-order valence-electron chi connectivity index (χ3n) is 3.40. The lowest BCUT2D eigenvalue weighted by Crippen LogP contribution is -2.43. The average Bonchev–Trinajstić information content (AvgIpc) is 2.26. The van der Waals surface area contributed by atoms with E-state index in [1.807, 2.05) is 0 Å². The molecular formula is C11H25N3O. The molecule has 1 aliphatic heterocycles. The smallest absolute Gasteiger partial charge is 0.0583 e. The van der Waals surface area contributed by atoms with Crippen molar-refractivity contribution in [3.63, 3.8) is 0 Å². The Morgan fingerprint density at radius 2 is 2.07 bits per heavy atom. The SMILES string of the molecule is CN1CCC(N(C)CCC(N)CO)CC1. The van der Waals surface area contributed by atoms with Crippen molar-refractivity contribution in [2.75, 3.05) is 40.3 Å². The highest BCUT2D eigenvalue weighted by Gasteiger charge is 2.20. The second kappa shape index (κ2) is 6.43. The molecule has 1 rings (SSSR count). The average molecular weight is 215 g/mol. The lowest BCUT2D eigenvalue weighted by Gasteiger charge is -2.35. The van der Waals surface area contributed by atoms with Crippen LogP contribution in [0.3, 0.4) is 0 Å². The van der Waals surface area contributed by atoms with Crippen molar-refractivity contribution in [2.45, 2.75) is 31.3 Å². The second-order valence-electron chi connectivity index (χ2n) is 4.75. The quantitative estimate of drug-likeness (QED) is 0.662. The molecule has 0 amide bonds. The molecule has 0 aromatic carbocycles. The fraction of sp³-hybridized carbons (Fsp3) is 1.00. The number of piperidine rings is 1. The predicted molar refractivity (Wildman–Crippen MR) is 62.8 cm³/mol. The van der Waals surface area contributed by atoms with Crippen LogP contribution in [0.2, 0.25) is 0 Å². The van der Waals surface area contributed by atoms with E-state index >= 15 is 0 Å². The summed E-state index contributed by atoms with van der Waals surface area (Å²) in [7, 11) is 4.35. The van der Waals surface area contributed by atoms with Gasteiger partial charge in [-0.25, -0.2) is 0 Å². The summed E-state index contributed by atoms with van der Waals surface area (Å²) in [6.07, 6.45) is 3.39. The third kappa shape index (κ3) is 4.47. The Morgan fingerprint density at radius 3 is 2.60 bits per heavy atom. The minimum absolute atomic E-state index is 0.0567. The van der Waals surface area contributed by atoms with Gasteiger partial charge in [-0.15, -0.1) is 0 Å².